The van der Waals surface area contributed by atoms with Gasteiger partial charge in [0.1, 0.15) is 5.82 Å². The van der Waals surface area contributed by atoms with Gasteiger partial charge in [0.15, 0.2) is 0 Å². The van der Waals surface area contributed by atoms with Crippen molar-refractivity contribution in [2.45, 2.75) is 45.2 Å². The van der Waals surface area contributed by atoms with E-state index < -0.39 is 6.04 Å². The molecule has 1 aromatic rings. The van der Waals surface area contributed by atoms with Crippen molar-refractivity contribution in [3.8, 4) is 0 Å². The Kier molecular flexibility index (Phi) is 4.20. The Morgan fingerprint density at radius 2 is 2.32 bits per heavy atom. The van der Waals surface area contributed by atoms with Gasteiger partial charge >= 0.3 is 0 Å². The van der Waals surface area contributed by atoms with Crippen molar-refractivity contribution in [1.82, 2.24) is 5.32 Å². The lowest BCUT2D eigenvalue weighted by Gasteiger charge is -2.21. The summed E-state index contributed by atoms with van der Waals surface area (Å²) in [5.74, 6) is -0.173. The van der Waals surface area contributed by atoms with Gasteiger partial charge in [-0.25, -0.2) is 4.39 Å². The van der Waals surface area contributed by atoms with Crippen LogP contribution in [0.15, 0.2) is 18.2 Å². The van der Waals surface area contributed by atoms with Gasteiger partial charge in [-0.05, 0) is 42.0 Å². The van der Waals surface area contributed by atoms with E-state index >= 15 is 0 Å². The molecule has 0 aromatic heterocycles. The van der Waals surface area contributed by atoms with E-state index in [-0.39, 0.29) is 23.7 Å². The number of carbonyl (C=O) groups is 1. The minimum atomic E-state index is -0.477. The molecule has 3 N–H and O–H groups in total. The van der Waals surface area contributed by atoms with Crippen LogP contribution in [0, 0.1) is 11.7 Å². The van der Waals surface area contributed by atoms with Crippen molar-refractivity contribution in [3.05, 3.63) is 35.1 Å². The number of nitrogens with two attached hydrogens (primary N) is 1. The maximum Gasteiger partial charge on any atom is 0.237 e. The molecule has 0 saturated heterocycles. The minimum Gasteiger partial charge on any atom is -0.348 e. The van der Waals surface area contributed by atoms with Gasteiger partial charge in [0, 0.05) is 0 Å². The van der Waals surface area contributed by atoms with Gasteiger partial charge in [0.25, 0.3) is 0 Å². The standard InChI is InChI=1S/C15H21FN2O/c1-3-9(2)14(17)15(19)18-13-7-4-10-8-11(16)5-6-12(10)13/h5-6,8-9,13-14H,3-4,7,17H2,1-2H3,(H,18,19). The van der Waals surface area contributed by atoms with E-state index in [1.165, 1.54) is 6.07 Å². The SMILES string of the molecule is CCC(C)C(N)C(=O)NC1CCc2cc(F)ccc21. The molecule has 3 atom stereocenters. The number of rotatable bonds is 4. The molecule has 0 saturated carbocycles. The van der Waals surface area contributed by atoms with Gasteiger partial charge in [-0.1, -0.05) is 26.3 Å². The lowest BCUT2D eigenvalue weighted by atomic mass is 9.98. The monoisotopic (exact) mass is 264 g/mol. The smallest absolute Gasteiger partial charge is 0.237 e. The topological polar surface area (TPSA) is 55.1 Å². The van der Waals surface area contributed by atoms with E-state index in [2.05, 4.69) is 5.32 Å². The molecule has 1 aliphatic rings. The van der Waals surface area contributed by atoms with Gasteiger partial charge in [-0.15, -0.1) is 0 Å². The van der Waals surface area contributed by atoms with Gasteiger partial charge < -0.3 is 11.1 Å². The number of hydrogen-bond donors (Lipinski definition) is 2. The number of nitrogens with one attached hydrogen (secondary N) is 1. The molecule has 0 heterocycles. The van der Waals surface area contributed by atoms with Gasteiger partial charge in [0.2, 0.25) is 5.91 Å². The molecule has 1 amide bonds. The van der Waals surface area contributed by atoms with Crippen LogP contribution in [0.1, 0.15) is 43.9 Å². The number of carbonyl (C=O) groups excluding carboxylic acids is 1. The molecular formula is C15H21FN2O. The van der Waals surface area contributed by atoms with E-state index in [9.17, 15) is 9.18 Å². The summed E-state index contributed by atoms with van der Waals surface area (Å²) >= 11 is 0. The van der Waals surface area contributed by atoms with Crippen LogP contribution in [0.25, 0.3) is 0 Å². The Morgan fingerprint density at radius 3 is 3.00 bits per heavy atom. The normalized spacial score (nSPS) is 20.7. The van der Waals surface area contributed by atoms with Gasteiger partial charge in [0.05, 0.1) is 12.1 Å². The highest BCUT2D eigenvalue weighted by atomic mass is 19.1. The number of hydrogen-bond acceptors (Lipinski definition) is 2. The van der Waals surface area contributed by atoms with Crippen LogP contribution in [0.4, 0.5) is 4.39 Å². The Bertz CT molecular complexity index is 475. The first-order valence-electron chi connectivity index (χ1n) is 6.87. The van der Waals surface area contributed by atoms with Crippen LogP contribution >= 0.6 is 0 Å². The van der Waals surface area contributed by atoms with Crippen molar-refractivity contribution in [1.29, 1.82) is 0 Å². The number of halogens is 1. The summed E-state index contributed by atoms with van der Waals surface area (Å²) in [5.41, 5.74) is 7.93. The molecule has 0 fully saturated rings. The zero-order valence-corrected chi connectivity index (χ0v) is 11.4. The fraction of sp³-hybridized carbons (Fsp3) is 0.533. The summed E-state index contributed by atoms with van der Waals surface area (Å²) in [6, 6.07) is 4.25. The highest BCUT2D eigenvalue weighted by molar-refractivity contribution is 5.82. The second-order valence-electron chi connectivity index (χ2n) is 5.35. The van der Waals surface area contributed by atoms with Crippen LogP contribution in [-0.4, -0.2) is 11.9 Å². The molecule has 1 aromatic carbocycles. The Labute approximate surface area is 113 Å². The Morgan fingerprint density at radius 1 is 1.58 bits per heavy atom. The van der Waals surface area contributed by atoms with Crippen molar-refractivity contribution >= 4 is 5.91 Å². The number of aryl methyl sites for hydroxylation is 1. The molecular weight excluding hydrogens is 243 g/mol. The molecule has 19 heavy (non-hydrogen) atoms. The Balaban J connectivity index is 2.05. The first-order chi connectivity index (χ1) is 9.02. The fourth-order valence-corrected chi connectivity index (χ4v) is 2.52. The molecule has 0 radical (unpaired) electrons. The molecule has 3 unspecified atom stereocenters. The third kappa shape index (κ3) is 2.95. The molecule has 2 rings (SSSR count). The van der Waals surface area contributed by atoms with E-state index in [1.54, 1.807) is 12.1 Å². The third-order valence-corrected chi connectivity index (χ3v) is 4.06. The average molecular weight is 264 g/mol. The predicted octanol–water partition coefficient (Wildman–Crippen LogP) is 2.30. The largest absolute Gasteiger partial charge is 0.348 e. The van der Waals surface area contributed by atoms with Crippen LogP contribution in [-0.2, 0) is 11.2 Å². The van der Waals surface area contributed by atoms with Crippen LogP contribution in [0.5, 0.6) is 0 Å². The second-order valence-corrected chi connectivity index (χ2v) is 5.35. The van der Waals surface area contributed by atoms with E-state index in [4.69, 9.17) is 5.73 Å². The van der Waals surface area contributed by atoms with Crippen LogP contribution < -0.4 is 11.1 Å². The maximum absolute atomic E-state index is 13.1. The molecule has 0 aliphatic heterocycles. The van der Waals surface area contributed by atoms with Crippen LogP contribution in [0.2, 0.25) is 0 Å². The first-order valence-corrected chi connectivity index (χ1v) is 6.87. The molecule has 0 spiro atoms. The summed E-state index contributed by atoms with van der Waals surface area (Å²) in [6.45, 7) is 3.99. The molecule has 104 valence electrons. The molecule has 1 aliphatic carbocycles. The summed E-state index contributed by atoms with van der Waals surface area (Å²) < 4.78 is 13.1. The van der Waals surface area contributed by atoms with Crippen molar-refractivity contribution in [2.24, 2.45) is 11.7 Å². The van der Waals surface area contributed by atoms with Gasteiger partial charge in [-0.3, -0.25) is 4.79 Å². The average Bonchev–Trinajstić information content (AvgIpc) is 2.79. The van der Waals surface area contributed by atoms with Crippen molar-refractivity contribution in [3.63, 3.8) is 0 Å². The minimum absolute atomic E-state index is 0.0294. The number of benzene rings is 1. The van der Waals surface area contributed by atoms with E-state index in [0.717, 1.165) is 30.4 Å². The highest BCUT2D eigenvalue weighted by Crippen LogP contribution is 2.31. The van der Waals surface area contributed by atoms with Crippen LogP contribution in [0.3, 0.4) is 0 Å². The zero-order chi connectivity index (χ0) is 14.0. The van der Waals surface area contributed by atoms with Crippen molar-refractivity contribution < 1.29 is 9.18 Å². The second kappa shape index (κ2) is 5.70. The Hall–Kier alpha value is -1.42. The van der Waals surface area contributed by atoms with Gasteiger partial charge in [-0.2, -0.15) is 0 Å². The summed E-state index contributed by atoms with van der Waals surface area (Å²) in [7, 11) is 0. The number of fused-ring (bicyclic) bond motifs is 1. The van der Waals surface area contributed by atoms with Crippen molar-refractivity contribution in [2.75, 3.05) is 0 Å². The highest BCUT2D eigenvalue weighted by Gasteiger charge is 2.27. The lowest BCUT2D eigenvalue weighted by Crippen LogP contribution is -2.45. The fourth-order valence-electron chi connectivity index (χ4n) is 2.52. The predicted molar refractivity (Wildman–Crippen MR) is 73.0 cm³/mol. The number of amides is 1. The van der Waals surface area contributed by atoms with E-state index in [0.29, 0.717) is 0 Å². The molecule has 4 heteroatoms. The maximum atomic E-state index is 13.1. The van der Waals surface area contributed by atoms with E-state index in [1.807, 2.05) is 13.8 Å². The lowest BCUT2D eigenvalue weighted by molar-refractivity contribution is -0.124. The first kappa shape index (κ1) is 14.0. The summed E-state index contributed by atoms with van der Waals surface area (Å²) in [6.07, 6.45) is 2.50. The summed E-state index contributed by atoms with van der Waals surface area (Å²) in [5, 5.41) is 2.98. The summed E-state index contributed by atoms with van der Waals surface area (Å²) in [4.78, 5) is 12.1. The third-order valence-electron chi connectivity index (χ3n) is 4.06. The molecule has 0 bridgehead atoms. The quantitative estimate of drug-likeness (QED) is 0.876. The zero-order valence-electron chi connectivity index (χ0n) is 11.4. The molecule has 3 nitrogen and oxygen atoms in total.